The zero-order valence-corrected chi connectivity index (χ0v) is 17.6. The van der Waals surface area contributed by atoms with Crippen LogP contribution in [0.4, 0.5) is 0 Å². The molecule has 2 heterocycles. The van der Waals surface area contributed by atoms with Crippen LogP contribution in [0.1, 0.15) is 83.9 Å². The van der Waals surface area contributed by atoms with Gasteiger partial charge < -0.3 is 0 Å². The van der Waals surface area contributed by atoms with Crippen molar-refractivity contribution < 1.29 is 9.13 Å². The van der Waals surface area contributed by atoms with E-state index in [1.807, 2.05) is 0 Å². The quantitative estimate of drug-likeness (QED) is 0.391. The Hall–Kier alpha value is -1.58. The van der Waals surface area contributed by atoms with Gasteiger partial charge in [0.25, 0.3) is 11.5 Å². The Bertz CT molecular complexity index is 639. The molecule has 0 amide bonds. The van der Waals surface area contributed by atoms with Gasteiger partial charge >= 0.3 is 5.82 Å². The monoisotopic (exact) mass is 360 g/mol. The maximum atomic E-state index is 3.45. The lowest BCUT2D eigenvalue weighted by Gasteiger charge is -2.05. The molecule has 26 heavy (non-hydrogen) atoms. The Labute approximate surface area is 160 Å². The lowest BCUT2D eigenvalue weighted by atomic mass is 10.1. The molecular weight excluding hydrogens is 320 g/mol. The van der Waals surface area contributed by atoms with Crippen molar-refractivity contribution in [2.24, 2.45) is 7.05 Å². The van der Waals surface area contributed by atoms with E-state index < -0.39 is 0 Å². The van der Waals surface area contributed by atoms with Crippen LogP contribution in [0.5, 0.6) is 0 Å². The topological polar surface area (TPSA) is 28.5 Å². The van der Waals surface area contributed by atoms with Crippen LogP contribution in [0, 0.1) is 6.92 Å². The zero-order valence-electron chi connectivity index (χ0n) is 17.6. The van der Waals surface area contributed by atoms with Crippen LogP contribution in [0.3, 0.4) is 0 Å². The molecule has 2 aromatic heterocycles. The second kappa shape index (κ2) is 11.2. The van der Waals surface area contributed by atoms with Gasteiger partial charge in [0.05, 0.1) is 20.1 Å². The fourth-order valence-electron chi connectivity index (χ4n) is 3.77. The third-order valence-corrected chi connectivity index (χ3v) is 5.41. The highest BCUT2D eigenvalue weighted by Gasteiger charge is 2.27. The Kier molecular flexibility index (Phi) is 8.93. The molecule has 4 nitrogen and oxygen atoms in total. The van der Waals surface area contributed by atoms with Gasteiger partial charge in [-0.25, -0.2) is 18.7 Å². The van der Waals surface area contributed by atoms with Crippen molar-refractivity contribution in [3.63, 3.8) is 0 Å². The highest BCUT2D eigenvalue weighted by Crippen LogP contribution is 2.14. The molecule has 0 aliphatic heterocycles. The van der Waals surface area contributed by atoms with Gasteiger partial charge in [0.2, 0.25) is 0 Å². The average Bonchev–Trinajstić information content (AvgIpc) is 3.17. The maximum absolute atomic E-state index is 3.45. The van der Waals surface area contributed by atoms with E-state index >= 15 is 0 Å². The number of unbranched alkanes of at least 4 members (excludes halogenated alkanes) is 8. The van der Waals surface area contributed by atoms with Crippen molar-refractivity contribution in [1.82, 2.24) is 9.55 Å². The van der Waals surface area contributed by atoms with Gasteiger partial charge in [-0.15, -0.1) is 0 Å². The van der Waals surface area contributed by atoms with Crippen molar-refractivity contribution in [2.45, 2.75) is 98.1 Å². The zero-order chi connectivity index (χ0) is 18.8. The summed E-state index contributed by atoms with van der Waals surface area (Å²) in [6.07, 6.45) is 19.9. The first-order chi connectivity index (χ1) is 12.7. The van der Waals surface area contributed by atoms with E-state index in [-0.39, 0.29) is 0 Å². The van der Waals surface area contributed by atoms with E-state index in [0.717, 1.165) is 13.1 Å². The fourth-order valence-corrected chi connectivity index (χ4v) is 3.77. The van der Waals surface area contributed by atoms with E-state index in [4.69, 9.17) is 0 Å². The summed E-state index contributed by atoms with van der Waals surface area (Å²) >= 11 is 0. The van der Waals surface area contributed by atoms with Crippen molar-refractivity contribution in [3.05, 3.63) is 24.4 Å². The Balaban J connectivity index is 2.03. The van der Waals surface area contributed by atoms with Crippen LogP contribution >= 0.6 is 0 Å². The predicted molar refractivity (Wildman–Crippen MR) is 108 cm³/mol. The van der Waals surface area contributed by atoms with E-state index in [1.54, 1.807) is 0 Å². The van der Waals surface area contributed by atoms with E-state index in [9.17, 15) is 0 Å². The number of nitrogens with zero attached hydrogens (tertiary/aromatic N) is 3. The molecular formula is C22H40N4+2. The Morgan fingerprint density at radius 1 is 0.923 bits per heavy atom. The molecule has 0 aliphatic rings. The fraction of sp³-hybridized carbons (Fsp3) is 0.727. The second-order valence-corrected chi connectivity index (χ2v) is 7.67. The average molecular weight is 361 g/mol. The molecule has 0 atom stereocenters. The lowest BCUT2D eigenvalue weighted by Crippen LogP contribution is -2.41. The first-order valence-electron chi connectivity index (χ1n) is 10.8. The molecule has 0 unspecified atom stereocenters. The molecule has 0 saturated carbocycles. The van der Waals surface area contributed by atoms with Gasteiger partial charge in [-0.2, -0.15) is 0 Å². The van der Waals surface area contributed by atoms with Gasteiger partial charge in [-0.1, -0.05) is 52.4 Å². The SMILES string of the molecule is CCCCCCCC[n+]1c(-c2n(CCCCCC)cc[n+]2C)c[nH]c1C. The highest BCUT2D eigenvalue weighted by molar-refractivity contribution is 5.40. The number of hydrogen-bond acceptors (Lipinski definition) is 0. The summed E-state index contributed by atoms with van der Waals surface area (Å²) in [6, 6.07) is 0. The minimum absolute atomic E-state index is 1.11. The van der Waals surface area contributed by atoms with Crippen molar-refractivity contribution >= 4 is 0 Å². The number of aryl methyl sites for hydroxylation is 3. The van der Waals surface area contributed by atoms with E-state index in [1.165, 1.54) is 81.6 Å². The minimum atomic E-state index is 1.11. The minimum Gasteiger partial charge on any atom is -0.247 e. The van der Waals surface area contributed by atoms with Crippen LogP contribution in [0.15, 0.2) is 18.6 Å². The van der Waals surface area contributed by atoms with Crippen LogP contribution in [-0.2, 0) is 20.1 Å². The van der Waals surface area contributed by atoms with Gasteiger partial charge in [-0.3, -0.25) is 0 Å². The van der Waals surface area contributed by atoms with E-state index in [2.05, 4.69) is 65.1 Å². The number of nitrogens with one attached hydrogen (secondary N) is 1. The van der Waals surface area contributed by atoms with Crippen LogP contribution in [-0.4, -0.2) is 9.55 Å². The summed E-state index contributed by atoms with van der Waals surface area (Å²) in [6.45, 7) is 8.96. The van der Waals surface area contributed by atoms with Crippen molar-refractivity contribution in [1.29, 1.82) is 0 Å². The summed E-state index contributed by atoms with van der Waals surface area (Å²) in [5.41, 5.74) is 1.32. The van der Waals surface area contributed by atoms with Crippen molar-refractivity contribution in [2.75, 3.05) is 0 Å². The summed E-state index contributed by atoms with van der Waals surface area (Å²) in [4.78, 5) is 3.45. The summed E-state index contributed by atoms with van der Waals surface area (Å²) < 4.78 is 7.16. The van der Waals surface area contributed by atoms with Gasteiger partial charge in [0, 0.05) is 6.92 Å². The first kappa shape index (κ1) is 20.7. The number of rotatable bonds is 13. The molecule has 0 aromatic carbocycles. The van der Waals surface area contributed by atoms with E-state index in [0.29, 0.717) is 0 Å². The first-order valence-corrected chi connectivity index (χ1v) is 10.8. The largest absolute Gasteiger partial charge is 0.333 e. The Morgan fingerprint density at radius 2 is 1.58 bits per heavy atom. The van der Waals surface area contributed by atoms with Gasteiger partial charge in [0.1, 0.15) is 18.6 Å². The van der Waals surface area contributed by atoms with Crippen LogP contribution < -0.4 is 9.13 Å². The number of H-pyrrole nitrogens is 1. The highest BCUT2D eigenvalue weighted by atomic mass is 15.2. The normalized spacial score (nSPS) is 11.4. The number of imidazole rings is 2. The van der Waals surface area contributed by atoms with Crippen LogP contribution in [0.25, 0.3) is 11.5 Å². The molecule has 2 aromatic rings. The maximum Gasteiger partial charge on any atom is 0.333 e. The summed E-state index contributed by atoms with van der Waals surface area (Å²) in [5, 5.41) is 0. The molecule has 146 valence electrons. The second-order valence-electron chi connectivity index (χ2n) is 7.67. The molecule has 0 bridgehead atoms. The third-order valence-electron chi connectivity index (χ3n) is 5.41. The van der Waals surface area contributed by atoms with Crippen LogP contribution in [0.2, 0.25) is 0 Å². The standard InChI is InChI=1S/C22H39N4/c1-5-7-9-11-12-14-16-26-20(3)23-19-21(26)22-24(4)17-18-25(22)15-13-10-8-6-2/h17-19H,5-16H2,1-4H3/q+1/p+1. The number of aromatic nitrogens is 4. The third kappa shape index (κ3) is 5.72. The molecule has 0 spiro atoms. The van der Waals surface area contributed by atoms with Gasteiger partial charge in [0.15, 0.2) is 0 Å². The smallest absolute Gasteiger partial charge is 0.247 e. The predicted octanol–water partition coefficient (Wildman–Crippen LogP) is 4.84. The summed E-state index contributed by atoms with van der Waals surface area (Å²) in [5.74, 6) is 2.57. The molecule has 1 N–H and O–H groups in total. The lowest BCUT2D eigenvalue weighted by molar-refractivity contribution is -0.708. The molecule has 0 aliphatic carbocycles. The number of aromatic amines is 1. The molecule has 0 fully saturated rings. The number of hydrogen-bond donors (Lipinski definition) is 1. The summed E-state index contributed by atoms with van der Waals surface area (Å²) in [7, 11) is 2.16. The van der Waals surface area contributed by atoms with Gasteiger partial charge in [-0.05, 0) is 25.7 Å². The Morgan fingerprint density at radius 3 is 2.31 bits per heavy atom. The molecule has 0 saturated heterocycles. The molecule has 0 radical (unpaired) electrons. The molecule has 2 rings (SSSR count). The van der Waals surface area contributed by atoms with Crippen molar-refractivity contribution in [3.8, 4) is 11.5 Å². The molecule has 4 heteroatoms.